The third-order valence-electron chi connectivity index (χ3n) is 4.15. The maximum atomic E-state index is 12.5. The number of hydrogen-bond acceptors (Lipinski definition) is 2. The molecule has 2 heterocycles. The fourth-order valence-electron chi connectivity index (χ4n) is 2.75. The molecule has 0 unspecified atom stereocenters. The second-order valence-corrected chi connectivity index (χ2v) is 6.13. The molecule has 0 bridgehead atoms. The summed E-state index contributed by atoms with van der Waals surface area (Å²) in [5, 5.41) is 1.25. The highest BCUT2D eigenvalue weighted by molar-refractivity contribution is 6.45. The number of ketones is 1. The molecule has 5 heteroatoms. The standard InChI is InChI=1S/C16H17ClN2O2/c1-10-4-6-19(7-5-10)16(21)15(20)13-9-18-14-3-2-11(17)8-12(13)14/h2-3,8-10,18H,4-7H2,1H3. The summed E-state index contributed by atoms with van der Waals surface area (Å²) in [6, 6.07) is 5.27. The summed E-state index contributed by atoms with van der Waals surface area (Å²) in [5.74, 6) is -0.253. The molecule has 3 rings (SSSR count). The Kier molecular flexibility index (Phi) is 3.72. The molecule has 110 valence electrons. The normalized spacial score (nSPS) is 16.4. The number of amides is 1. The van der Waals surface area contributed by atoms with E-state index in [0.29, 0.717) is 35.0 Å². The van der Waals surface area contributed by atoms with Gasteiger partial charge in [-0.25, -0.2) is 0 Å². The second kappa shape index (κ2) is 5.53. The number of rotatable bonds is 2. The average molecular weight is 305 g/mol. The summed E-state index contributed by atoms with van der Waals surface area (Å²) < 4.78 is 0. The molecule has 1 aliphatic rings. The fraction of sp³-hybridized carbons (Fsp3) is 0.375. The Morgan fingerprint density at radius 3 is 2.71 bits per heavy atom. The van der Waals surface area contributed by atoms with Gasteiger partial charge in [0.25, 0.3) is 11.7 Å². The van der Waals surface area contributed by atoms with E-state index in [0.717, 1.165) is 18.4 Å². The zero-order chi connectivity index (χ0) is 15.0. The van der Waals surface area contributed by atoms with Crippen molar-refractivity contribution in [1.82, 2.24) is 9.88 Å². The van der Waals surface area contributed by atoms with E-state index in [1.54, 1.807) is 23.2 Å². The SMILES string of the molecule is CC1CCN(C(=O)C(=O)c2c[nH]c3ccc(Cl)cc23)CC1. The molecule has 0 atom stereocenters. The van der Waals surface area contributed by atoms with Gasteiger partial charge in [0.1, 0.15) is 0 Å². The summed E-state index contributed by atoms with van der Waals surface area (Å²) >= 11 is 5.98. The first-order chi connectivity index (χ1) is 10.1. The van der Waals surface area contributed by atoms with Crippen LogP contribution in [0.4, 0.5) is 0 Å². The molecule has 21 heavy (non-hydrogen) atoms. The topological polar surface area (TPSA) is 53.2 Å². The number of halogens is 1. The maximum absolute atomic E-state index is 12.5. The van der Waals surface area contributed by atoms with Gasteiger partial charge in [-0.05, 0) is 37.0 Å². The molecule has 1 aliphatic heterocycles. The number of carbonyl (C=O) groups excluding carboxylic acids is 2. The number of benzene rings is 1. The quantitative estimate of drug-likeness (QED) is 0.684. The van der Waals surface area contributed by atoms with E-state index >= 15 is 0 Å². The fourth-order valence-corrected chi connectivity index (χ4v) is 2.92. The van der Waals surface area contributed by atoms with Crippen molar-refractivity contribution in [3.8, 4) is 0 Å². The minimum absolute atomic E-state index is 0.399. The van der Waals surface area contributed by atoms with E-state index < -0.39 is 11.7 Å². The van der Waals surface area contributed by atoms with Crippen molar-refractivity contribution in [3.63, 3.8) is 0 Å². The molecule has 0 radical (unpaired) electrons. The molecule has 1 aromatic carbocycles. The molecule has 2 aromatic rings. The molecule has 0 spiro atoms. The van der Waals surface area contributed by atoms with E-state index in [-0.39, 0.29) is 0 Å². The van der Waals surface area contributed by atoms with Crippen molar-refractivity contribution in [2.24, 2.45) is 5.92 Å². The first-order valence-electron chi connectivity index (χ1n) is 7.16. The number of piperidine rings is 1. The first kappa shape index (κ1) is 14.1. The van der Waals surface area contributed by atoms with E-state index in [4.69, 9.17) is 11.6 Å². The molecule has 1 N–H and O–H groups in total. The number of H-pyrrole nitrogens is 1. The predicted octanol–water partition coefficient (Wildman–Crippen LogP) is 3.26. The summed E-state index contributed by atoms with van der Waals surface area (Å²) in [6.07, 6.45) is 3.51. The van der Waals surface area contributed by atoms with Crippen LogP contribution in [0.1, 0.15) is 30.1 Å². The van der Waals surface area contributed by atoms with Crippen LogP contribution in [0.3, 0.4) is 0 Å². The van der Waals surface area contributed by atoms with Crippen LogP contribution in [0.15, 0.2) is 24.4 Å². The van der Waals surface area contributed by atoms with Gasteiger partial charge in [0.2, 0.25) is 0 Å². The van der Waals surface area contributed by atoms with Gasteiger partial charge in [-0.2, -0.15) is 0 Å². The maximum Gasteiger partial charge on any atom is 0.295 e. The average Bonchev–Trinajstić information content (AvgIpc) is 2.89. The first-order valence-corrected chi connectivity index (χ1v) is 7.54. The van der Waals surface area contributed by atoms with Gasteiger partial charge >= 0.3 is 0 Å². The van der Waals surface area contributed by atoms with Crippen LogP contribution in [0.5, 0.6) is 0 Å². The molecule has 1 saturated heterocycles. The van der Waals surface area contributed by atoms with Crippen molar-refractivity contribution >= 4 is 34.2 Å². The number of fused-ring (bicyclic) bond motifs is 1. The zero-order valence-electron chi connectivity index (χ0n) is 11.9. The monoisotopic (exact) mass is 304 g/mol. The Hall–Kier alpha value is -1.81. The highest BCUT2D eigenvalue weighted by Crippen LogP contribution is 2.24. The lowest BCUT2D eigenvalue weighted by molar-refractivity contribution is -0.127. The van der Waals surface area contributed by atoms with Crippen LogP contribution < -0.4 is 0 Å². The van der Waals surface area contributed by atoms with E-state index in [9.17, 15) is 9.59 Å². The molecule has 1 aromatic heterocycles. The highest BCUT2D eigenvalue weighted by atomic mass is 35.5. The minimum atomic E-state index is -0.460. The van der Waals surface area contributed by atoms with Crippen molar-refractivity contribution in [1.29, 1.82) is 0 Å². The highest BCUT2D eigenvalue weighted by Gasteiger charge is 2.27. The number of hydrogen-bond donors (Lipinski definition) is 1. The largest absolute Gasteiger partial charge is 0.360 e. The van der Waals surface area contributed by atoms with Crippen LogP contribution >= 0.6 is 11.6 Å². The van der Waals surface area contributed by atoms with E-state index in [1.807, 2.05) is 6.07 Å². The van der Waals surface area contributed by atoms with Crippen LogP contribution in [0.2, 0.25) is 5.02 Å². The van der Waals surface area contributed by atoms with Gasteiger partial charge in [0, 0.05) is 35.2 Å². The van der Waals surface area contributed by atoms with Gasteiger partial charge in [-0.1, -0.05) is 18.5 Å². The Balaban J connectivity index is 1.86. The van der Waals surface area contributed by atoms with Crippen LogP contribution in [0.25, 0.3) is 10.9 Å². The van der Waals surface area contributed by atoms with Gasteiger partial charge in [0.15, 0.2) is 0 Å². The Labute approximate surface area is 128 Å². The van der Waals surface area contributed by atoms with E-state index in [2.05, 4.69) is 11.9 Å². The molecular weight excluding hydrogens is 288 g/mol. The van der Waals surface area contributed by atoms with Gasteiger partial charge in [0.05, 0.1) is 5.56 Å². The number of carbonyl (C=O) groups is 2. The predicted molar refractivity (Wildman–Crippen MR) is 82.6 cm³/mol. The molecule has 1 amide bonds. The van der Waals surface area contributed by atoms with Gasteiger partial charge in [-0.15, -0.1) is 0 Å². The van der Waals surface area contributed by atoms with Crippen molar-refractivity contribution in [3.05, 3.63) is 35.0 Å². The third kappa shape index (κ3) is 2.68. The van der Waals surface area contributed by atoms with Crippen LogP contribution in [0, 0.1) is 5.92 Å². The Morgan fingerprint density at radius 2 is 2.00 bits per heavy atom. The van der Waals surface area contributed by atoms with Crippen molar-refractivity contribution in [2.45, 2.75) is 19.8 Å². The van der Waals surface area contributed by atoms with Crippen molar-refractivity contribution < 1.29 is 9.59 Å². The molecule has 4 nitrogen and oxygen atoms in total. The van der Waals surface area contributed by atoms with Crippen LogP contribution in [-0.4, -0.2) is 34.7 Å². The number of Topliss-reactive ketones (excluding diaryl/α,β-unsaturated/α-hetero) is 1. The number of likely N-dealkylation sites (tertiary alicyclic amines) is 1. The molecular formula is C16H17ClN2O2. The lowest BCUT2D eigenvalue weighted by Gasteiger charge is -2.29. The second-order valence-electron chi connectivity index (χ2n) is 5.70. The van der Waals surface area contributed by atoms with Gasteiger partial charge in [-0.3, -0.25) is 9.59 Å². The number of nitrogens with zero attached hydrogens (tertiary/aromatic N) is 1. The molecule has 0 aliphatic carbocycles. The molecule has 1 fully saturated rings. The Bertz CT molecular complexity index is 699. The van der Waals surface area contributed by atoms with Crippen LogP contribution in [-0.2, 0) is 4.79 Å². The summed E-state index contributed by atoms with van der Waals surface area (Å²) in [4.78, 5) is 29.5. The smallest absolute Gasteiger partial charge is 0.295 e. The lowest BCUT2D eigenvalue weighted by Crippen LogP contribution is -2.41. The number of aromatic nitrogens is 1. The van der Waals surface area contributed by atoms with Gasteiger partial charge < -0.3 is 9.88 Å². The lowest BCUT2D eigenvalue weighted by atomic mass is 9.98. The summed E-state index contributed by atoms with van der Waals surface area (Å²) in [7, 11) is 0. The summed E-state index contributed by atoms with van der Waals surface area (Å²) in [6.45, 7) is 3.50. The molecule has 0 saturated carbocycles. The van der Waals surface area contributed by atoms with E-state index in [1.165, 1.54) is 0 Å². The zero-order valence-corrected chi connectivity index (χ0v) is 12.6. The Morgan fingerprint density at radius 1 is 1.29 bits per heavy atom. The number of aromatic amines is 1. The minimum Gasteiger partial charge on any atom is -0.360 e. The summed E-state index contributed by atoms with van der Waals surface area (Å²) in [5.41, 5.74) is 1.21. The van der Waals surface area contributed by atoms with Crippen molar-refractivity contribution in [2.75, 3.05) is 13.1 Å². The third-order valence-corrected chi connectivity index (χ3v) is 4.39. The number of nitrogens with one attached hydrogen (secondary N) is 1.